The molecule has 0 saturated carbocycles. The summed E-state index contributed by atoms with van der Waals surface area (Å²) in [4.78, 5) is 23.1. The van der Waals surface area contributed by atoms with Gasteiger partial charge in [-0.1, -0.05) is 29.8 Å². The van der Waals surface area contributed by atoms with Crippen molar-refractivity contribution >= 4 is 35.0 Å². The number of hydrogen-bond donors (Lipinski definition) is 3. The molecule has 0 atom stereocenters. The zero-order valence-corrected chi connectivity index (χ0v) is 11.9. The largest absolute Gasteiger partial charge is 0.478 e. The van der Waals surface area contributed by atoms with Crippen LogP contribution in [0.3, 0.4) is 0 Å². The molecule has 0 spiro atoms. The fourth-order valence-corrected chi connectivity index (χ4v) is 2.05. The zero-order chi connectivity index (χ0) is 15.4. The van der Waals surface area contributed by atoms with Crippen molar-refractivity contribution < 1.29 is 14.7 Å². The third-order valence-electron chi connectivity index (χ3n) is 2.76. The Morgan fingerprint density at radius 2 is 1.81 bits per heavy atom. The molecule has 3 N–H and O–H groups in total. The number of urea groups is 1. The highest BCUT2D eigenvalue weighted by molar-refractivity contribution is 6.34. The number of carboxylic acids is 1. The summed E-state index contributed by atoms with van der Waals surface area (Å²) in [6.45, 7) is 1.90. The predicted molar refractivity (Wildman–Crippen MR) is 82.2 cm³/mol. The van der Waals surface area contributed by atoms with Crippen molar-refractivity contribution in [3.63, 3.8) is 0 Å². The first-order valence-corrected chi connectivity index (χ1v) is 6.51. The van der Waals surface area contributed by atoms with E-state index >= 15 is 0 Å². The number of anilines is 2. The molecule has 0 aliphatic carbocycles. The fourth-order valence-electron chi connectivity index (χ4n) is 1.83. The molecular formula is C15H13ClN2O3. The maximum absolute atomic E-state index is 11.9. The van der Waals surface area contributed by atoms with E-state index in [2.05, 4.69) is 10.6 Å². The first kappa shape index (κ1) is 14.9. The van der Waals surface area contributed by atoms with Crippen LogP contribution in [0.5, 0.6) is 0 Å². The number of carbonyl (C=O) groups excluding carboxylic acids is 1. The van der Waals surface area contributed by atoms with Crippen LogP contribution in [0.2, 0.25) is 5.02 Å². The Hall–Kier alpha value is -2.53. The lowest BCUT2D eigenvalue weighted by atomic mass is 10.2. The average molecular weight is 305 g/mol. The first-order chi connectivity index (χ1) is 9.97. The molecule has 0 saturated heterocycles. The van der Waals surface area contributed by atoms with Crippen molar-refractivity contribution in [2.45, 2.75) is 6.92 Å². The third-order valence-corrected chi connectivity index (χ3v) is 3.07. The second-order valence-electron chi connectivity index (χ2n) is 4.42. The van der Waals surface area contributed by atoms with Crippen LogP contribution in [0.1, 0.15) is 15.9 Å². The highest BCUT2D eigenvalue weighted by atomic mass is 35.5. The van der Waals surface area contributed by atoms with Crippen LogP contribution in [0, 0.1) is 6.92 Å². The molecule has 2 aromatic rings. The number of hydrogen-bond acceptors (Lipinski definition) is 2. The van der Waals surface area contributed by atoms with E-state index in [1.807, 2.05) is 19.1 Å². The van der Waals surface area contributed by atoms with Gasteiger partial charge in [-0.05, 0) is 36.8 Å². The number of aromatic carboxylic acids is 1. The van der Waals surface area contributed by atoms with Gasteiger partial charge in [-0.2, -0.15) is 0 Å². The van der Waals surface area contributed by atoms with Crippen LogP contribution in [-0.4, -0.2) is 17.1 Å². The lowest BCUT2D eigenvalue weighted by Crippen LogP contribution is -2.21. The SMILES string of the molecule is Cc1cccc(NC(=O)Nc2c(Cl)cccc2C(=O)O)c1. The summed E-state index contributed by atoms with van der Waals surface area (Å²) in [5.74, 6) is -1.16. The quantitative estimate of drug-likeness (QED) is 0.802. The molecular weight excluding hydrogens is 292 g/mol. The average Bonchev–Trinajstić information content (AvgIpc) is 2.40. The molecule has 0 aliphatic heterocycles. The zero-order valence-electron chi connectivity index (χ0n) is 11.2. The van der Waals surface area contributed by atoms with Gasteiger partial charge >= 0.3 is 12.0 Å². The van der Waals surface area contributed by atoms with E-state index in [-0.39, 0.29) is 16.3 Å². The molecule has 0 bridgehead atoms. The molecule has 0 radical (unpaired) electrons. The molecule has 0 unspecified atom stereocenters. The van der Waals surface area contributed by atoms with Crippen LogP contribution >= 0.6 is 11.6 Å². The van der Waals surface area contributed by atoms with Crippen LogP contribution < -0.4 is 10.6 Å². The molecule has 108 valence electrons. The van der Waals surface area contributed by atoms with Crippen molar-refractivity contribution in [3.8, 4) is 0 Å². The lowest BCUT2D eigenvalue weighted by molar-refractivity contribution is 0.0698. The molecule has 0 heterocycles. The number of nitrogens with one attached hydrogen (secondary N) is 2. The minimum absolute atomic E-state index is 0.0665. The van der Waals surface area contributed by atoms with Gasteiger partial charge in [0.1, 0.15) is 0 Å². The molecule has 0 fully saturated rings. The van der Waals surface area contributed by atoms with Crippen LogP contribution in [0.15, 0.2) is 42.5 Å². The van der Waals surface area contributed by atoms with Crippen LogP contribution in [-0.2, 0) is 0 Å². The summed E-state index contributed by atoms with van der Waals surface area (Å²) in [5, 5.41) is 14.3. The van der Waals surface area contributed by atoms with Crippen LogP contribution in [0.25, 0.3) is 0 Å². The molecule has 6 heteroatoms. The van der Waals surface area contributed by atoms with Crippen molar-refractivity contribution in [1.82, 2.24) is 0 Å². The lowest BCUT2D eigenvalue weighted by Gasteiger charge is -2.11. The van der Waals surface area contributed by atoms with Gasteiger partial charge in [0.15, 0.2) is 0 Å². The second-order valence-corrected chi connectivity index (χ2v) is 4.82. The molecule has 5 nitrogen and oxygen atoms in total. The smallest absolute Gasteiger partial charge is 0.337 e. The van der Waals surface area contributed by atoms with Gasteiger partial charge in [0, 0.05) is 5.69 Å². The molecule has 2 rings (SSSR count). The Morgan fingerprint density at radius 1 is 1.10 bits per heavy atom. The van der Waals surface area contributed by atoms with Gasteiger partial charge in [0.05, 0.1) is 16.3 Å². The normalized spacial score (nSPS) is 10.0. The highest BCUT2D eigenvalue weighted by Gasteiger charge is 2.15. The number of aryl methyl sites for hydroxylation is 1. The van der Waals surface area contributed by atoms with E-state index < -0.39 is 12.0 Å². The minimum Gasteiger partial charge on any atom is -0.478 e. The number of carbonyl (C=O) groups is 2. The number of amides is 2. The van der Waals surface area contributed by atoms with Gasteiger partial charge in [0.2, 0.25) is 0 Å². The summed E-state index contributed by atoms with van der Waals surface area (Å²) < 4.78 is 0. The maximum atomic E-state index is 11.9. The number of carboxylic acid groups (broad SMARTS) is 1. The second kappa shape index (κ2) is 6.28. The molecule has 2 aromatic carbocycles. The Balaban J connectivity index is 2.18. The standard InChI is InChI=1S/C15H13ClN2O3/c1-9-4-2-5-10(8-9)17-15(21)18-13-11(14(19)20)6-3-7-12(13)16/h2-8H,1H3,(H,19,20)(H2,17,18,21). The van der Waals surface area contributed by atoms with Crippen molar-refractivity contribution in [3.05, 3.63) is 58.6 Å². The van der Waals surface area contributed by atoms with E-state index in [4.69, 9.17) is 16.7 Å². The summed E-state index contributed by atoms with van der Waals surface area (Å²) in [5.41, 5.74) is 1.60. The fraction of sp³-hybridized carbons (Fsp3) is 0.0667. The Labute approximate surface area is 126 Å². The number of halogens is 1. The van der Waals surface area contributed by atoms with E-state index in [9.17, 15) is 9.59 Å². The van der Waals surface area contributed by atoms with E-state index in [0.29, 0.717) is 5.69 Å². The number of para-hydroxylation sites is 1. The van der Waals surface area contributed by atoms with Crippen molar-refractivity contribution in [2.24, 2.45) is 0 Å². The molecule has 0 aromatic heterocycles. The van der Waals surface area contributed by atoms with E-state index in [1.54, 1.807) is 12.1 Å². The predicted octanol–water partition coefficient (Wildman–Crippen LogP) is 3.99. The van der Waals surface area contributed by atoms with Crippen molar-refractivity contribution in [2.75, 3.05) is 10.6 Å². The topological polar surface area (TPSA) is 78.4 Å². The summed E-state index contributed by atoms with van der Waals surface area (Å²) in [6, 6.07) is 11.1. The van der Waals surface area contributed by atoms with Gasteiger partial charge < -0.3 is 15.7 Å². The summed E-state index contributed by atoms with van der Waals surface area (Å²) in [7, 11) is 0. The van der Waals surface area contributed by atoms with Crippen molar-refractivity contribution in [1.29, 1.82) is 0 Å². The summed E-state index contributed by atoms with van der Waals surface area (Å²) in [6.07, 6.45) is 0. The van der Waals surface area contributed by atoms with Gasteiger partial charge in [-0.3, -0.25) is 0 Å². The Kier molecular flexibility index (Phi) is 4.45. The van der Waals surface area contributed by atoms with E-state index in [0.717, 1.165) is 5.56 Å². The highest BCUT2D eigenvalue weighted by Crippen LogP contribution is 2.26. The maximum Gasteiger partial charge on any atom is 0.337 e. The Morgan fingerprint density at radius 3 is 2.48 bits per heavy atom. The monoisotopic (exact) mass is 304 g/mol. The first-order valence-electron chi connectivity index (χ1n) is 6.14. The molecule has 2 amide bonds. The van der Waals surface area contributed by atoms with Crippen LogP contribution in [0.4, 0.5) is 16.2 Å². The minimum atomic E-state index is -1.16. The third kappa shape index (κ3) is 3.73. The van der Waals surface area contributed by atoms with Gasteiger partial charge in [-0.15, -0.1) is 0 Å². The summed E-state index contributed by atoms with van der Waals surface area (Å²) >= 11 is 5.94. The molecule has 0 aliphatic rings. The van der Waals surface area contributed by atoms with E-state index in [1.165, 1.54) is 18.2 Å². The van der Waals surface area contributed by atoms with Gasteiger partial charge in [-0.25, -0.2) is 9.59 Å². The molecule has 21 heavy (non-hydrogen) atoms. The number of rotatable bonds is 3. The van der Waals surface area contributed by atoms with Gasteiger partial charge in [0.25, 0.3) is 0 Å². The Bertz CT molecular complexity index is 701. The number of benzene rings is 2.